The number of aryl methyl sites for hydroxylation is 1. The van der Waals surface area contributed by atoms with Crippen molar-refractivity contribution >= 4 is 11.3 Å². The van der Waals surface area contributed by atoms with Crippen LogP contribution in [-0.4, -0.2) is 0 Å². The molecule has 3 rings (SSSR count). The van der Waals surface area contributed by atoms with Crippen LogP contribution >= 0.6 is 11.3 Å². The summed E-state index contributed by atoms with van der Waals surface area (Å²) in [6.07, 6.45) is 5.56. The van der Waals surface area contributed by atoms with Crippen LogP contribution in [0.3, 0.4) is 0 Å². The van der Waals surface area contributed by atoms with Crippen LogP contribution in [0.4, 0.5) is 0 Å². The smallest absolute Gasteiger partial charge is 0.0446 e. The Morgan fingerprint density at radius 1 is 1.15 bits per heavy atom. The van der Waals surface area contributed by atoms with Crippen LogP contribution in [-0.2, 0) is 6.54 Å². The summed E-state index contributed by atoms with van der Waals surface area (Å²) < 4.78 is 0. The van der Waals surface area contributed by atoms with Gasteiger partial charge in [0.1, 0.15) is 0 Å². The zero-order valence-corrected chi connectivity index (χ0v) is 13.0. The highest BCUT2D eigenvalue weighted by atomic mass is 32.1. The Kier molecular flexibility index (Phi) is 4.54. The van der Waals surface area contributed by atoms with E-state index in [4.69, 9.17) is 0 Å². The highest BCUT2D eigenvalue weighted by Gasteiger charge is 2.26. The molecule has 1 saturated carbocycles. The van der Waals surface area contributed by atoms with E-state index < -0.39 is 0 Å². The molecule has 1 nitrogen and oxygen atoms in total. The van der Waals surface area contributed by atoms with Crippen molar-refractivity contribution in [1.82, 2.24) is 5.32 Å². The molecule has 1 aromatic carbocycles. The molecule has 20 heavy (non-hydrogen) atoms. The lowest BCUT2D eigenvalue weighted by molar-refractivity contribution is 0.371. The zero-order valence-electron chi connectivity index (χ0n) is 12.1. The lowest BCUT2D eigenvalue weighted by Crippen LogP contribution is -2.26. The summed E-state index contributed by atoms with van der Waals surface area (Å²) in [7, 11) is 0. The third-order valence-electron chi connectivity index (χ3n) is 4.37. The van der Waals surface area contributed by atoms with E-state index in [1.165, 1.54) is 41.7 Å². The van der Waals surface area contributed by atoms with Crippen LogP contribution in [0.2, 0.25) is 0 Å². The maximum atomic E-state index is 3.81. The molecule has 0 radical (unpaired) electrons. The number of benzene rings is 1. The van der Waals surface area contributed by atoms with Crippen molar-refractivity contribution in [3.8, 4) is 0 Å². The van der Waals surface area contributed by atoms with E-state index in [-0.39, 0.29) is 0 Å². The Bertz CT molecular complexity index is 509. The van der Waals surface area contributed by atoms with Crippen LogP contribution in [0.25, 0.3) is 0 Å². The number of rotatable bonds is 5. The normalized spacial score (nSPS) is 17.4. The Morgan fingerprint density at radius 2 is 1.90 bits per heavy atom. The van der Waals surface area contributed by atoms with Crippen molar-refractivity contribution in [2.45, 2.75) is 45.2 Å². The standard InChI is InChI=1S/C18H23NS/c1-14-8-10-15(11-9-14)13-19-18(16-5-2-3-6-16)17-7-4-12-20-17/h4,7-12,16,18-19H,2-3,5-6,13H2,1H3. The third-order valence-corrected chi connectivity index (χ3v) is 5.32. The maximum absolute atomic E-state index is 3.81. The molecule has 0 saturated heterocycles. The van der Waals surface area contributed by atoms with E-state index >= 15 is 0 Å². The molecule has 1 heterocycles. The van der Waals surface area contributed by atoms with Crippen LogP contribution in [0.1, 0.15) is 47.7 Å². The fraction of sp³-hybridized carbons (Fsp3) is 0.444. The van der Waals surface area contributed by atoms with Gasteiger partial charge in [-0.25, -0.2) is 0 Å². The van der Waals surface area contributed by atoms with E-state index in [9.17, 15) is 0 Å². The van der Waals surface area contributed by atoms with Crippen molar-refractivity contribution in [1.29, 1.82) is 0 Å². The van der Waals surface area contributed by atoms with Crippen molar-refractivity contribution in [2.75, 3.05) is 0 Å². The molecule has 1 N–H and O–H groups in total. The van der Waals surface area contributed by atoms with Gasteiger partial charge in [-0.1, -0.05) is 48.7 Å². The molecule has 0 amide bonds. The van der Waals surface area contributed by atoms with Crippen molar-refractivity contribution in [2.24, 2.45) is 5.92 Å². The molecule has 0 aliphatic heterocycles. The SMILES string of the molecule is Cc1ccc(CNC(c2cccs2)C2CCCC2)cc1. The van der Waals surface area contributed by atoms with Gasteiger partial charge in [0, 0.05) is 17.5 Å². The number of thiophene rings is 1. The molecule has 106 valence electrons. The van der Waals surface area contributed by atoms with E-state index in [0.29, 0.717) is 6.04 Å². The van der Waals surface area contributed by atoms with Crippen molar-refractivity contribution < 1.29 is 0 Å². The van der Waals surface area contributed by atoms with Gasteiger partial charge in [0.2, 0.25) is 0 Å². The predicted molar refractivity (Wildman–Crippen MR) is 87.0 cm³/mol. The maximum Gasteiger partial charge on any atom is 0.0446 e. The summed E-state index contributed by atoms with van der Waals surface area (Å²) in [5.74, 6) is 0.819. The van der Waals surface area contributed by atoms with Gasteiger partial charge in [-0.15, -0.1) is 11.3 Å². The van der Waals surface area contributed by atoms with Gasteiger partial charge in [0.15, 0.2) is 0 Å². The molecule has 1 atom stereocenters. The van der Waals surface area contributed by atoms with E-state index in [2.05, 4.69) is 54.0 Å². The summed E-state index contributed by atoms with van der Waals surface area (Å²) in [5.41, 5.74) is 2.72. The first kappa shape index (κ1) is 13.8. The van der Waals surface area contributed by atoms with Crippen molar-refractivity contribution in [3.05, 3.63) is 57.8 Å². The van der Waals surface area contributed by atoms with Crippen LogP contribution in [0.5, 0.6) is 0 Å². The van der Waals surface area contributed by atoms with E-state index in [0.717, 1.165) is 12.5 Å². The first-order valence-electron chi connectivity index (χ1n) is 7.65. The average molecular weight is 285 g/mol. The molecule has 0 spiro atoms. The molecule has 2 aromatic rings. The zero-order chi connectivity index (χ0) is 13.8. The monoisotopic (exact) mass is 285 g/mol. The van der Waals surface area contributed by atoms with E-state index in [1.54, 1.807) is 0 Å². The number of hydrogen-bond donors (Lipinski definition) is 1. The summed E-state index contributed by atoms with van der Waals surface area (Å²) in [6.45, 7) is 3.11. The minimum atomic E-state index is 0.541. The summed E-state index contributed by atoms with van der Waals surface area (Å²) in [5, 5.41) is 6.01. The molecule has 1 aromatic heterocycles. The minimum Gasteiger partial charge on any atom is -0.305 e. The number of hydrogen-bond acceptors (Lipinski definition) is 2. The van der Waals surface area contributed by atoms with E-state index in [1.807, 2.05) is 11.3 Å². The van der Waals surface area contributed by atoms with Gasteiger partial charge in [0.05, 0.1) is 0 Å². The molecule has 2 heteroatoms. The summed E-state index contributed by atoms with van der Waals surface area (Å²) in [4.78, 5) is 1.50. The fourth-order valence-corrected chi connectivity index (χ4v) is 4.09. The summed E-state index contributed by atoms with van der Waals surface area (Å²) in [6, 6.07) is 13.9. The van der Waals surface area contributed by atoms with Crippen molar-refractivity contribution in [3.63, 3.8) is 0 Å². The highest BCUT2D eigenvalue weighted by molar-refractivity contribution is 7.10. The third kappa shape index (κ3) is 3.31. The predicted octanol–water partition coefficient (Wildman–Crippen LogP) is 5.08. The van der Waals surface area contributed by atoms with Gasteiger partial charge in [-0.2, -0.15) is 0 Å². The first-order valence-corrected chi connectivity index (χ1v) is 8.53. The minimum absolute atomic E-state index is 0.541. The van der Waals surface area contributed by atoms with Crippen LogP contribution < -0.4 is 5.32 Å². The molecule has 0 bridgehead atoms. The Balaban J connectivity index is 1.68. The number of nitrogens with one attached hydrogen (secondary N) is 1. The lowest BCUT2D eigenvalue weighted by atomic mass is 9.96. The molecular formula is C18H23NS. The molecule has 1 aliphatic carbocycles. The lowest BCUT2D eigenvalue weighted by Gasteiger charge is -2.24. The van der Waals surface area contributed by atoms with Gasteiger partial charge >= 0.3 is 0 Å². The molecule has 1 unspecified atom stereocenters. The highest BCUT2D eigenvalue weighted by Crippen LogP contribution is 2.37. The molecule has 1 fully saturated rings. The van der Waals surface area contributed by atoms with Gasteiger partial charge in [0.25, 0.3) is 0 Å². The van der Waals surface area contributed by atoms with Crippen LogP contribution in [0.15, 0.2) is 41.8 Å². The Morgan fingerprint density at radius 3 is 2.55 bits per heavy atom. The largest absolute Gasteiger partial charge is 0.305 e. The Hall–Kier alpha value is -1.12. The fourth-order valence-electron chi connectivity index (χ4n) is 3.19. The van der Waals surface area contributed by atoms with Gasteiger partial charge in [-0.05, 0) is 42.7 Å². The van der Waals surface area contributed by atoms with Gasteiger partial charge in [-0.3, -0.25) is 0 Å². The molecule has 1 aliphatic rings. The first-order chi connectivity index (χ1) is 9.83. The van der Waals surface area contributed by atoms with Crippen LogP contribution in [0, 0.1) is 12.8 Å². The summed E-state index contributed by atoms with van der Waals surface area (Å²) >= 11 is 1.89. The average Bonchev–Trinajstić information content (AvgIpc) is 3.14. The Labute approximate surface area is 126 Å². The van der Waals surface area contributed by atoms with Gasteiger partial charge < -0.3 is 5.32 Å². The topological polar surface area (TPSA) is 12.0 Å². The molecular weight excluding hydrogens is 262 g/mol. The second-order valence-electron chi connectivity index (χ2n) is 5.90. The second kappa shape index (κ2) is 6.55. The quantitative estimate of drug-likeness (QED) is 0.808. The second-order valence-corrected chi connectivity index (χ2v) is 6.88.